The SMILES string of the molecule is Cl.NC(CNC(=O)CC1OCCc2ccccc21)c1ccccc1. The first kappa shape index (κ1) is 18.5. The van der Waals surface area contributed by atoms with E-state index in [0.29, 0.717) is 19.6 Å². The molecule has 24 heavy (non-hydrogen) atoms. The zero-order chi connectivity index (χ0) is 16.1. The third-order valence-electron chi connectivity index (χ3n) is 4.21. The lowest BCUT2D eigenvalue weighted by molar-refractivity contribution is -0.124. The molecule has 1 aliphatic rings. The fourth-order valence-corrected chi connectivity index (χ4v) is 2.93. The van der Waals surface area contributed by atoms with Gasteiger partial charge in [0.05, 0.1) is 19.1 Å². The Bertz CT molecular complexity index is 663. The third-order valence-corrected chi connectivity index (χ3v) is 4.21. The summed E-state index contributed by atoms with van der Waals surface area (Å²) in [6, 6.07) is 17.8. The number of benzene rings is 2. The number of ether oxygens (including phenoxy) is 1. The summed E-state index contributed by atoms with van der Waals surface area (Å²) in [4.78, 5) is 12.2. The van der Waals surface area contributed by atoms with Crippen LogP contribution in [0.1, 0.15) is 35.3 Å². The van der Waals surface area contributed by atoms with Crippen molar-refractivity contribution < 1.29 is 9.53 Å². The molecule has 2 atom stereocenters. The molecule has 128 valence electrons. The molecule has 0 aliphatic carbocycles. The highest BCUT2D eigenvalue weighted by Crippen LogP contribution is 2.29. The standard InChI is InChI=1S/C19H22N2O2.ClH/c20-17(15-7-2-1-3-8-15)13-21-19(22)12-18-16-9-5-4-6-14(16)10-11-23-18;/h1-9,17-18H,10-13,20H2,(H,21,22);1H. The lowest BCUT2D eigenvalue weighted by Crippen LogP contribution is -2.33. The van der Waals surface area contributed by atoms with E-state index in [4.69, 9.17) is 10.5 Å². The van der Waals surface area contributed by atoms with Crippen LogP contribution in [0.5, 0.6) is 0 Å². The van der Waals surface area contributed by atoms with Gasteiger partial charge in [-0.1, -0.05) is 54.6 Å². The van der Waals surface area contributed by atoms with Gasteiger partial charge in [0, 0.05) is 12.6 Å². The predicted octanol–water partition coefficient (Wildman–Crippen LogP) is 2.93. The van der Waals surface area contributed by atoms with Crippen LogP contribution in [0.4, 0.5) is 0 Å². The van der Waals surface area contributed by atoms with Crippen molar-refractivity contribution in [2.75, 3.05) is 13.2 Å². The Balaban J connectivity index is 0.00000208. The molecule has 0 spiro atoms. The average molecular weight is 347 g/mol. The summed E-state index contributed by atoms with van der Waals surface area (Å²) in [6.07, 6.45) is 1.08. The molecule has 3 rings (SSSR count). The van der Waals surface area contributed by atoms with Gasteiger partial charge in [0.1, 0.15) is 0 Å². The number of hydrogen-bond donors (Lipinski definition) is 2. The van der Waals surface area contributed by atoms with Crippen LogP contribution < -0.4 is 11.1 Å². The fourth-order valence-electron chi connectivity index (χ4n) is 2.93. The third kappa shape index (κ3) is 4.57. The van der Waals surface area contributed by atoms with Gasteiger partial charge in [0.15, 0.2) is 0 Å². The molecular weight excluding hydrogens is 324 g/mol. The number of nitrogens with two attached hydrogens (primary N) is 1. The maximum absolute atomic E-state index is 12.2. The molecule has 0 bridgehead atoms. The van der Waals surface area contributed by atoms with E-state index in [-0.39, 0.29) is 30.5 Å². The Kier molecular flexibility index (Phi) is 6.79. The van der Waals surface area contributed by atoms with Crippen LogP contribution in [-0.4, -0.2) is 19.1 Å². The summed E-state index contributed by atoms with van der Waals surface area (Å²) in [6.45, 7) is 1.09. The largest absolute Gasteiger partial charge is 0.373 e. The number of hydrogen-bond acceptors (Lipinski definition) is 3. The maximum atomic E-state index is 12.2. The normalized spacial score (nSPS) is 17.3. The Morgan fingerprint density at radius 3 is 2.67 bits per heavy atom. The van der Waals surface area contributed by atoms with Crippen molar-refractivity contribution >= 4 is 18.3 Å². The number of rotatable bonds is 5. The van der Waals surface area contributed by atoms with E-state index in [1.807, 2.05) is 48.5 Å². The Labute approximate surface area is 148 Å². The van der Waals surface area contributed by atoms with Gasteiger partial charge >= 0.3 is 0 Å². The molecule has 0 aromatic heterocycles. The van der Waals surface area contributed by atoms with Gasteiger partial charge in [0.25, 0.3) is 0 Å². The summed E-state index contributed by atoms with van der Waals surface area (Å²) >= 11 is 0. The predicted molar refractivity (Wildman–Crippen MR) is 97.1 cm³/mol. The topological polar surface area (TPSA) is 64.3 Å². The first-order valence-electron chi connectivity index (χ1n) is 8.00. The summed E-state index contributed by atoms with van der Waals surface area (Å²) in [5.74, 6) is -0.0296. The van der Waals surface area contributed by atoms with Crippen LogP contribution in [-0.2, 0) is 16.0 Å². The van der Waals surface area contributed by atoms with Gasteiger partial charge in [-0.25, -0.2) is 0 Å². The molecule has 2 aromatic rings. The number of fused-ring (bicyclic) bond motifs is 1. The fraction of sp³-hybridized carbons (Fsp3) is 0.316. The molecule has 1 heterocycles. The van der Waals surface area contributed by atoms with Crippen LogP contribution in [0.3, 0.4) is 0 Å². The van der Waals surface area contributed by atoms with Gasteiger partial charge in [-0.15, -0.1) is 12.4 Å². The van der Waals surface area contributed by atoms with E-state index in [2.05, 4.69) is 11.4 Å². The minimum atomic E-state index is -0.195. The van der Waals surface area contributed by atoms with E-state index < -0.39 is 0 Å². The Morgan fingerprint density at radius 1 is 1.17 bits per heavy atom. The second kappa shape index (κ2) is 8.83. The van der Waals surface area contributed by atoms with E-state index in [9.17, 15) is 4.79 Å². The molecular formula is C19H23ClN2O2. The van der Waals surface area contributed by atoms with Gasteiger partial charge < -0.3 is 15.8 Å². The number of amides is 1. The van der Waals surface area contributed by atoms with Crippen molar-refractivity contribution in [3.05, 3.63) is 71.3 Å². The quantitative estimate of drug-likeness (QED) is 0.874. The van der Waals surface area contributed by atoms with E-state index >= 15 is 0 Å². The molecule has 2 unspecified atom stereocenters. The second-order valence-electron chi connectivity index (χ2n) is 5.83. The van der Waals surface area contributed by atoms with Crippen molar-refractivity contribution in [2.24, 2.45) is 5.73 Å². The summed E-state index contributed by atoms with van der Waals surface area (Å²) in [7, 11) is 0. The summed E-state index contributed by atoms with van der Waals surface area (Å²) in [5.41, 5.74) is 9.53. The van der Waals surface area contributed by atoms with Crippen molar-refractivity contribution in [2.45, 2.75) is 25.0 Å². The highest BCUT2D eigenvalue weighted by Gasteiger charge is 2.23. The molecule has 4 nitrogen and oxygen atoms in total. The summed E-state index contributed by atoms with van der Waals surface area (Å²) in [5, 5.41) is 2.92. The van der Waals surface area contributed by atoms with Crippen LogP contribution in [0.2, 0.25) is 0 Å². The first-order valence-corrected chi connectivity index (χ1v) is 8.00. The average Bonchev–Trinajstić information content (AvgIpc) is 2.61. The Morgan fingerprint density at radius 2 is 1.88 bits per heavy atom. The highest BCUT2D eigenvalue weighted by atomic mass is 35.5. The number of carbonyl (C=O) groups excluding carboxylic acids is 1. The molecule has 0 radical (unpaired) electrons. The van der Waals surface area contributed by atoms with Gasteiger partial charge in [-0.3, -0.25) is 4.79 Å². The van der Waals surface area contributed by atoms with Crippen molar-refractivity contribution in [3.8, 4) is 0 Å². The summed E-state index contributed by atoms with van der Waals surface area (Å²) < 4.78 is 5.77. The second-order valence-corrected chi connectivity index (χ2v) is 5.83. The van der Waals surface area contributed by atoms with Crippen molar-refractivity contribution in [3.63, 3.8) is 0 Å². The van der Waals surface area contributed by atoms with E-state index in [1.165, 1.54) is 5.56 Å². The molecule has 0 fully saturated rings. The van der Waals surface area contributed by atoms with Crippen molar-refractivity contribution in [1.82, 2.24) is 5.32 Å². The van der Waals surface area contributed by atoms with E-state index in [1.54, 1.807) is 0 Å². The van der Waals surface area contributed by atoms with Crippen LogP contribution in [0, 0.1) is 0 Å². The van der Waals surface area contributed by atoms with Crippen LogP contribution in [0.15, 0.2) is 54.6 Å². The van der Waals surface area contributed by atoms with Gasteiger partial charge in [-0.2, -0.15) is 0 Å². The van der Waals surface area contributed by atoms with E-state index in [0.717, 1.165) is 17.5 Å². The van der Waals surface area contributed by atoms with Gasteiger partial charge in [-0.05, 0) is 23.1 Å². The molecule has 0 saturated carbocycles. The molecule has 0 saturated heterocycles. The smallest absolute Gasteiger partial charge is 0.223 e. The molecule has 1 aliphatic heterocycles. The lowest BCUT2D eigenvalue weighted by atomic mass is 9.95. The first-order chi connectivity index (χ1) is 11.2. The number of carbonyl (C=O) groups is 1. The highest BCUT2D eigenvalue weighted by molar-refractivity contribution is 5.85. The van der Waals surface area contributed by atoms with Crippen LogP contribution >= 0.6 is 12.4 Å². The molecule has 3 N–H and O–H groups in total. The molecule has 1 amide bonds. The van der Waals surface area contributed by atoms with Gasteiger partial charge in [0.2, 0.25) is 5.91 Å². The molecule has 2 aromatic carbocycles. The minimum Gasteiger partial charge on any atom is -0.373 e. The van der Waals surface area contributed by atoms with Crippen LogP contribution in [0.25, 0.3) is 0 Å². The number of halogens is 1. The zero-order valence-corrected chi connectivity index (χ0v) is 14.3. The zero-order valence-electron chi connectivity index (χ0n) is 13.5. The van der Waals surface area contributed by atoms with Crippen molar-refractivity contribution in [1.29, 1.82) is 0 Å². The Hall–Kier alpha value is -1.88. The monoisotopic (exact) mass is 346 g/mol. The molecule has 5 heteroatoms. The maximum Gasteiger partial charge on any atom is 0.223 e. The number of nitrogens with one attached hydrogen (secondary N) is 1. The minimum absolute atomic E-state index is 0. The lowest BCUT2D eigenvalue weighted by Gasteiger charge is -2.25.